The molecule has 4 nitrogen and oxygen atoms in total. The van der Waals surface area contributed by atoms with E-state index in [0.29, 0.717) is 0 Å². The third-order valence-corrected chi connectivity index (χ3v) is 9.28. The molecule has 0 N–H and O–H groups in total. The fourth-order valence-corrected chi connectivity index (χ4v) is 7.47. The van der Waals surface area contributed by atoms with Crippen molar-refractivity contribution in [2.24, 2.45) is 0 Å². The second kappa shape index (κ2) is 9.18. The molecule has 3 aromatic heterocycles. The number of pyridine rings is 1. The number of para-hydroxylation sites is 5. The standard InChI is InChI=1S/C41H26N4/c1-2-13-29(14-3-1)43-35-19-6-7-20-36(35)45-37-23-22-32-31-16-4-5-18-34(31)44(41(32)39(37)33-17-9-21-38(43)40(33)45)30-15-8-11-27(25-30)28-12-10-24-42-26-28/h1-26H. The highest BCUT2D eigenvalue weighted by molar-refractivity contribution is 6.28. The Balaban J connectivity index is 1.37. The Hall–Kier alpha value is -6.13. The molecule has 6 aromatic carbocycles. The molecule has 9 aromatic rings. The molecule has 210 valence electrons. The Bertz CT molecular complexity index is 2590. The summed E-state index contributed by atoms with van der Waals surface area (Å²) in [5, 5.41) is 5.01. The van der Waals surface area contributed by atoms with Gasteiger partial charge in [0.25, 0.3) is 0 Å². The van der Waals surface area contributed by atoms with E-state index in [9.17, 15) is 0 Å². The molecule has 0 unspecified atom stereocenters. The summed E-state index contributed by atoms with van der Waals surface area (Å²) < 4.78 is 4.93. The smallest absolute Gasteiger partial charge is 0.0784 e. The minimum Gasteiger partial charge on any atom is -0.309 e. The lowest BCUT2D eigenvalue weighted by Gasteiger charge is -2.33. The predicted molar refractivity (Wildman–Crippen MR) is 187 cm³/mol. The van der Waals surface area contributed by atoms with Gasteiger partial charge in [-0.25, -0.2) is 0 Å². The number of benzene rings is 6. The summed E-state index contributed by atoms with van der Waals surface area (Å²) in [6, 6.07) is 52.6. The van der Waals surface area contributed by atoms with Crippen LogP contribution in [0.1, 0.15) is 0 Å². The first-order valence-corrected chi connectivity index (χ1v) is 15.3. The first-order chi connectivity index (χ1) is 22.4. The third-order valence-electron chi connectivity index (χ3n) is 9.28. The normalized spacial score (nSPS) is 12.4. The van der Waals surface area contributed by atoms with Crippen molar-refractivity contribution in [2.75, 3.05) is 4.90 Å². The van der Waals surface area contributed by atoms with Crippen LogP contribution in [-0.2, 0) is 0 Å². The molecule has 4 heteroatoms. The average molecular weight is 575 g/mol. The van der Waals surface area contributed by atoms with Crippen molar-refractivity contribution in [3.05, 3.63) is 158 Å². The first-order valence-electron chi connectivity index (χ1n) is 15.3. The van der Waals surface area contributed by atoms with Gasteiger partial charge >= 0.3 is 0 Å². The summed E-state index contributed by atoms with van der Waals surface area (Å²) >= 11 is 0. The van der Waals surface area contributed by atoms with E-state index in [2.05, 4.69) is 159 Å². The van der Waals surface area contributed by atoms with Crippen LogP contribution in [0.5, 0.6) is 0 Å². The quantitative estimate of drug-likeness (QED) is 0.210. The van der Waals surface area contributed by atoms with Gasteiger partial charge in [0.05, 0.1) is 39.1 Å². The number of anilines is 3. The van der Waals surface area contributed by atoms with Crippen LogP contribution >= 0.6 is 0 Å². The molecule has 10 rings (SSSR count). The van der Waals surface area contributed by atoms with Gasteiger partial charge in [-0.05, 0) is 66.2 Å². The fourth-order valence-electron chi connectivity index (χ4n) is 7.47. The SMILES string of the molecule is c1ccc(N2c3ccccc3-n3c4ccc5c6ccccc6n(-c6cccc(-c7cccnc7)c6)c5c4c4cccc2c43)cc1. The zero-order valence-electron chi connectivity index (χ0n) is 24.3. The topological polar surface area (TPSA) is 26.0 Å². The lowest BCUT2D eigenvalue weighted by Crippen LogP contribution is -2.17. The maximum Gasteiger partial charge on any atom is 0.0784 e. The van der Waals surface area contributed by atoms with E-state index in [4.69, 9.17) is 0 Å². The number of rotatable bonds is 3. The molecule has 0 radical (unpaired) electrons. The van der Waals surface area contributed by atoms with E-state index in [1.54, 1.807) is 0 Å². The largest absolute Gasteiger partial charge is 0.309 e. The van der Waals surface area contributed by atoms with Crippen LogP contribution in [0.3, 0.4) is 0 Å². The molecule has 0 atom stereocenters. The van der Waals surface area contributed by atoms with Crippen LogP contribution in [0, 0.1) is 0 Å². The lowest BCUT2D eigenvalue weighted by atomic mass is 10.1. The van der Waals surface area contributed by atoms with Crippen LogP contribution in [0.4, 0.5) is 17.1 Å². The molecular formula is C41H26N4. The molecule has 1 aliphatic heterocycles. The Morgan fingerprint density at radius 2 is 1.16 bits per heavy atom. The van der Waals surface area contributed by atoms with Gasteiger partial charge in [0, 0.05) is 50.9 Å². The molecule has 0 aliphatic carbocycles. The van der Waals surface area contributed by atoms with Gasteiger partial charge in [-0.1, -0.05) is 84.9 Å². The van der Waals surface area contributed by atoms with Gasteiger partial charge in [-0.15, -0.1) is 0 Å². The van der Waals surface area contributed by atoms with E-state index in [0.717, 1.165) is 22.5 Å². The van der Waals surface area contributed by atoms with E-state index < -0.39 is 0 Å². The van der Waals surface area contributed by atoms with Gasteiger partial charge in [-0.2, -0.15) is 0 Å². The van der Waals surface area contributed by atoms with E-state index in [1.807, 2.05) is 18.5 Å². The van der Waals surface area contributed by atoms with Crippen LogP contribution in [0.25, 0.3) is 66.1 Å². The van der Waals surface area contributed by atoms with Crippen LogP contribution in [0.2, 0.25) is 0 Å². The third kappa shape index (κ3) is 3.34. The highest BCUT2D eigenvalue weighted by Crippen LogP contribution is 2.51. The van der Waals surface area contributed by atoms with Crippen molar-refractivity contribution >= 4 is 60.7 Å². The van der Waals surface area contributed by atoms with Crippen LogP contribution in [-0.4, -0.2) is 14.1 Å². The van der Waals surface area contributed by atoms with Crippen molar-refractivity contribution in [1.82, 2.24) is 14.1 Å². The van der Waals surface area contributed by atoms with E-state index in [-0.39, 0.29) is 0 Å². The number of nitrogens with zero attached hydrogens (tertiary/aromatic N) is 4. The molecule has 0 amide bonds. The molecule has 0 bridgehead atoms. The summed E-state index contributed by atoms with van der Waals surface area (Å²) in [5.74, 6) is 0. The van der Waals surface area contributed by atoms with Gasteiger partial charge in [0.15, 0.2) is 0 Å². The molecule has 0 saturated heterocycles. The van der Waals surface area contributed by atoms with E-state index in [1.165, 1.54) is 60.7 Å². The zero-order chi connectivity index (χ0) is 29.5. The fraction of sp³-hybridized carbons (Fsp3) is 0. The number of fused-ring (bicyclic) bond motifs is 9. The number of hydrogen-bond acceptors (Lipinski definition) is 2. The zero-order valence-corrected chi connectivity index (χ0v) is 24.3. The van der Waals surface area contributed by atoms with Crippen molar-refractivity contribution in [3.63, 3.8) is 0 Å². The first kappa shape index (κ1) is 24.3. The molecule has 0 fully saturated rings. The minimum absolute atomic E-state index is 1.11. The Labute approximate surface area is 259 Å². The summed E-state index contributed by atoms with van der Waals surface area (Å²) in [6.45, 7) is 0. The molecule has 0 spiro atoms. The van der Waals surface area contributed by atoms with Crippen molar-refractivity contribution in [2.45, 2.75) is 0 Å². The second-order valence-electron chi connectivity index (χ2n) is 11.7. The Morgan fingerprint density at radius 1 is 0.422 bits per heavy atom. The van der Waals surface area contributed by atoms with Crippen molar-refractivity contribution < 1.29 is 0 Å². The highest BCUT2D eigenvalue weighted by Gasteiger charge is 2.29. The highest BCUT2D eigenvalue weighted by atomic mass is 15.2. The van der Waals surface area contributed by atoms with Crippen molar-refractivity contribution in [1.29, 1.82) is 0 Å². The van der Waals surface area contributed by atoms with Crippen LogP contribution < -0.4 is 4.90 Å². The summed E-state index contributed by atoms with van der Waals surface area (Å²) in [6.07, 6.45) is 3.76. The summed E-state index contributed by atoms with van der Waals surface area (Å²) in [7, 11) is 0. The van der Waals surface area contributed by atoms with E-state index >= 15 is 0 Å². The molecule has 4 heterocycles. The Kier molecular flexibility index (Phi) is 4.96. The monoisotopic (exact) mass is 574 g/mol. The van der Waals surface area contributed by atoms with Gasteiger partial charge in [0.2, 0.25) is 0 Å². The van der Waals surface area contributed by atoms with Gasteiger partial charge in [0.1, 0.15) is 0 Å². The maximum absolute atomic E-state index is 4.39. The molecular weight excluding hydrogens is 548 g/mol. The average Bonchev–Trinajstić information content (AvgIpc) is 3.63. The Morgan fingerprint density at radius 3 is 2.04 bits per heavy atom. The number of hydrogen-bond donors (Lipinski definition) is 0. The molecule has 0 saturated carbocycles. The van der Waals surface area contributed by atoms with Gasteiger partial charge in [-0.3, -0.25) is 4.98 Å². The molecule has 1 aliphatic rings. The maximum atomic E-state index is 4.39. The van der Waals surface area contributed by atoms with Crippen molar-refractivity contribution in [3.8, 4) is 22.5 Å². The molecule has 45 heavy (non-hydrogen) atoms. The number of aromatic nitrogens is 3. The second-order valence-corrected chi connectivity index (χ2v) is 11.7. The summed E-state index contributed by atoms with van der Waals surface area (Å²) in [4.78, 5) is 6.79. The van der Waals surface area contributed by atoms with Crippen LogP contribution in [0.15, 0.2) is 158 Å². The van der Waals surface area contributed by atoms with Gasteiger partial charge < -0.3 is 14.0 Å². The lowest BCUT2D eigenvalue weighted by molar-refractivity contribution is 1.11. The summed E-state index contributed by atoms with van der Waals surface area (Å²) in [5.41, 5.74) is 12.9. The minimum atomic E-state index is 1.11. The predicted octanol–water partition coefficient (Wildman–Crippen LogP) is 10.7.